The van der Waals surface area contributed by atoms with Crippen molar-refractivity contribution in [2.75, 3.05) is 0 Å². The number of alkyl halides is 3. The van der Waals surface area contributed by atoms with Gasteiger partial charge in [-0.25, -0.2) is 4.39 Å². The van der Waals surface area contributed by atoms with Gasteiger partial charge in [0.05, 0.1) is 5.56 Å². The summed E-state index contributed by atoms with van der Waals surface area (Å²) in [6.07, 6.45) is -4.43. The van der Waals surface area contributed by atoms with Gasteiger partial charge in [0, 0.05) is 9.13 Å². The molecule has 2 rings (SSSR count). The van der Waals surface area contributed by atoms with Crippen LogP contribution < -0.4 is 0 Å². The third kappa shape index (κ3) is 3.08. The SMILES string of the molecule is Cc1ccc(-c2cc(C(F)(F)F)ccc2I)c(F)c1. The molecule has 0 saturated carbocycles. The fourth-order valence-electron chi connectivity index (χ4n) is 1.75. The van der Waals surface area contributed by atoms with E-state index in [0.29, 0.717) is 3.57 Å². The molecule has 0 bridgehead atoms. The lowest BCUT2D eigenvalue weighted by atomic mass is 10.0. The van der Waals surface area contributed by atoms with Gasteiger partial charge in [0.15, 0.2) is 0 Å². The van der Waals surface area contributed by atoms with Crippen LogP contribution in [0.25, 0.3) is 11.1 Å². The first-order valence-corrected chi connectivity index (χ1v) is 6.50. The van der Waals surface area contributed by atoms with Crippen LogP contribution in [0.2, 0.25) is 0 Å². The van der Waals surface area contributed by atoms with Crippen LogP contribution in [0.3, 0.4) is 0 Å². The molecule has 100 valence electrons. The highest BCUT2D eigenvalue weighted by molar-refractivity contribution is 14.1. The maximum Gasteiger partial charge on any atom is 0.416 e. The van der Waals surface area contributed by atoms with E-state index in [4.69, 9.17) is 0 Å². The summed E-state index contributed by atoms with van der Waals surface area (Å²) >= 11 is 1.90. The van der Waals surface area contributed by atoms with Gasteiger partial charge in [0.25, 0.3) is 0 Å². The molecule has 0 heterocycles. The highest BCUT2D eigenvalue weighted by Crippen LogP contribution is 2.35. The standard InChI is InChI=1S/C14H9F4I/c1-8-2-4-10(12(15)6-8)11-7-9(14(16,17)18)3-5-13(11)19/h2-7H,1H3. The first kappa shape index (κ1) is 14.3. The Morgan fingerprint density at radius 2 is 1.63 bits per heavy atom. The second-order valence-electron chi connectivity index (χ2n) is 4.18. The molecule has 19 heavy (non-hydrogen) atoms. The Labute approximate surface area is 121 Å². The van der Waals surface area contributed by atoms with Crippen molar-refractivity contribution in [2.24, 2.45) is 0 Å². The minimum Gasteiger partial charge on any atom is -0.206 e. The van der Waals surface area contributed by atoms with Crippen LogP contribution in [0.1, 0.15) is 11.1 Å². The summed E-state index contributed by atoms with van der Waals surface area (Å²) < 4.78 is 52.5. The molecule has 5 heteroatoms. The van der Waals surface area contributed by atoms with Crippen molar-refractivity contribution >= 4 is 22.6 Å². The lowest BCUT2D eigenvalue weighted by Gasteiger charge is -2.12. The lowest BCUT2D eigenvalue weighted by Crippen LogP contribution is -2.05. The summed E-state index contributed by atoms with van der Waals surface area (Å²) in [7, 11) is 0. The number of benzene rings is 2. The van der Waals surface area contributed by atoms with Crippen molar-refractivity contribution < 1.29 is 17.6 Å². The molecule has 0 aliphatic rings. The number of hydrogen-bond acceptors (Lipinski definition) is 0. The highest BCUT2D eigenvalue weighted by Gasteiger charge is 2.31. The Morgan fingerprint density at radius 1 is 0.947 bits per heavy atom. The number of aryl methyl sites for hydroxylation is 1. The summed E-state index contributed by atoms with van der Waals surface area (Å²) in [6, 6.07) is 7.81. The van der Waals surface area contributed by atoms with Gasteiger partial charge >= 0.3 is 6.18 Å². The van der Waals surface area contributed by atoms with E-state index in [-0.39, 0.29) is 11.1 Å². The van der Waals surface area contributed by atoms with Crippen LogP contribution in [-0.2, 0) is 6.18 Å². The third-order valence-corrected chi connectivity index (χ3v) is 3.65. The van der Waals surface area contributed by atoms with Gasteiger partial charge < -0.3 is 0 Å². The number of halogens is 5. The van der Waals surface area contributed by atoms with Gasteiger partial charge in [-0.05, 0) is 64.9 Å². The van der Waals surface area contributed by atoms with Crippen LogP contribution >= 0.6 is 22.6 Å². The molecular formula is C14H9F4I. The Morgan fingerprint density at radius 3 is 2.21 bits per heavy atom. The van der Waals surface area contributed by atoms with E-state index in [1.807, 2.05) is 22.6 Å². The lowest BCUT2D eigenvalue weighted by molar-refractivity contribution is -0.137. The average molecular weight is 380 g/mol. The van der Waals surface area contributed by atoms with Gasteiger partial charge in [-0.1, -0.05) is 12.1 Å². The molecule has 0 atom stereocenters. The quantitative estimate of drug-likeness (QED) is 0.458. The monoisotopic (exact) mass is 380 g/mol. The summed E-state index contributed by atoms with van der Waals surface area (Å²) in [5, 5.41) is 0. The summed E-state index contributed by atoms with van der Waals surface area (Å²) in [4.78, 5) is 0. The molecule has 0 N–H and O–H groups in total. The predicted molar refractivity (Wildman–Crippen MR) is 74.3 cm³/mol. The van der Waals surface area contributed by atoms with E-state index in [1.54, 1.807) is 13.0 Å². The van der Waals surface area contributed by atoms with Crippen LogP contribution in [0, 0.1) is 16.3 Å². The fraction of sp³-hybridized carbons (Fsp3) is 0.143. The third-order valence-electron chi connectivity index (χ3n) is 2.71. The van der Waals surface area contributed by atoms with E-state index < -0.39 is 17.6 Å². The summed E-state index contributed by atoms with van der Waals surface area (Å²) in [5.74, 6) is -0.516. The van der Waals surface area contributed by atoms with Crippen LogP contribution in [-0.4, -0.2) is 0 Å². The zero-order valence-electron chi connectivity index (χ0n) is 9.85. The predicted octanol–water partition coefficient (Wildman–Crippen LogP) is 5.42. The number of rotatable bonds is 1. The van der Waals surface area contributed by atoms with E-state index >= 15 is 0 Å². The zero-order valence-corrected chi connectivity index (χ0v) is 12.0. The summed E-state index contributed by atoms with van der Waals surface area (Å²) in [6.45, 7) is 1.73. The van der Waals surface area contributed by atoms with E-state index in [2.05, 4.69) is 0 Å². The van der Waals surface area contributed by atoms with Crippen molar-refractivity contribution in [3.63, 3.8) is 0 Å². The van der Waals surface area contributed by atoms with Crippen molar-refractivity contribution in [3.05, 3.63) is 56.9 Å². The van der Waals surface area contributed by atoms with Gasteiger partial charge in [0.2, 0.25) is 0 Å². The fourth-order valence-corrected chi connectivity index (χ4v) is 2.37. The van der Waals surface area contributed by atoms with Crippen molar-refractivity contribution in [2.45, 2.75) is 13.1 Å². The molecule has 0 aliphatic heterocycles. The minimum absolute atomic E-state index is 0.182. The largest absolute Gasteiger partial charge is 0.416 e. The van der Waals surface area contributed by atoms with E-state index in [0.717, 1.165) is 17.7 Å². The zero-order chi connectivity index (χ0) is 14.2. The first-order valence-electron chi connectivity index (χ1n) is 5.42. The van der Waals surface area contributed by atoms with Crippen LogP contribution in [0.15, 0.2) is 36.4 Å². The molecule has 0 saturated heterocycles. The van der Waals surface area contributed by atoms with Crippen LogP contribution in [0.5, 0.6) is 0 Å². The van der Waals surface area contributed by atoms with E-state index in [9.17, 15) is 17.6 Å². The Balaban J connectivity index is 2.61. The van der Waals surface area contributed by atoms with Gasteiger partial charge in [0.1, 0.15) is 5.82 Å². The molecule has 2 aromatic carbocycles. The minimum atomic E-state index is -4.43. The first-order chi connectivity index (χ1) is 8.79. The van der Waals surface area contributed by atoms with Crippen molar-refractivity contribution in [1.29, 1.82) is 0 Å². The topological polar surface area (TPSA) is 0 Å². The Bertz CT molecular complexity index is 617. The number of hydrogen-bond donors (Lipinski definition) is 0. The summed E-state index contributed by atoms with van der Waals surface area (Å²) in [5.41, 5.74) is 0.389. The van der Waals surface area contributed by atoms with Crippen LogP contribution in [0.4, 0.5) is 17.6 Å². The molecule has 0 nitrogen and oxygen atoms in total. The van der Waals surface area contributed by atoms with Crippen molar-refractivity contribution in [3.8, 4) is 11.1 Å². The normalized spacial score (nSPS) is 11.7. The molecule has 0 fully saturated rings. The van der Waals surface area contributed by atoms with Gasteiger partial charge in [-0.2, -0.15) is 13.2 Å². The molecule has 0 aliphatic carbocycles. The molecule has 0 spiro atoms. The molecule has 0 unspecified atom stereocenters. The average Bonchev–Trinajstić information content (AvgIpc) is 2.29. The maximum atomic E-state index is 13.9. The highest BCUT2D eigenvalue weighted by atomic mass is 127. The Kier molecular flexibility index (Phi) is 3.85. The van der Waals surface area contributed by atoms with Crippen molar-refractivity contribution in [1.82, 2.24) is 0 Å². The van der Waals surface area contributed by atoms with E-state index in [1.165, 1.54) is 18.2 Å². The maximum absolute atomic E-state index is 13.9. The second-order valence-corrected chi connectivity index (χ2v) is 5.34. The second kappa shape index (κ2) is 5.11. The molecular weight excluding hydrogens is 371 g/mol. The smallest absolute Gasteiger partial charge is 0.206 e. The molecule has 0 aromatic heterocycles. The Hall–Kier alpha value is -1.11. The molecule has 0 amide bonds. The van der Waals surface area contributed by atoms with Gasteiger partial charge in [-0.15, -0.1) is 0 Å². The van der Waals surface area contributed by atoms with Gasteiger partial charge in [-0.3, -0.25) is 0 Å². The molecule has 0 radical (unpaired) electrons. The molecule has 2 aromatic rings.